The van der Waals surface area contributed by atoms with Crippen molar-refractivity contribution >= 4 is 0 Å². The molecule has 2 heterocycles. The Morgan fingerprint density at radius 1 is 0.889 bits per heavy atom. The molecule has 2 aromatic rings. The molecule has 0 saturated carbocycles. The highest BCUT2D eigenvalue weighted by molar-refractivity contribution is 5.15. The molecule has 0 amide bonds. The maximum atomic E-state index is 11.9. The van der Waals surface area contributed by atoms with E-state index in [0.717, 1.165) is 11.3 Å². The van der Waals surface area contributed by atoms with Gasteiger partial charge in [-0.15, -0.1) is 0 Å². The lowest BCUT2D eigenvalue weighted by Crippen LogP contribution is -1.88. The van der Waals surface area contributed by atoms with E-state index in [1.807, 2.05) is 19.2 Å². The quantitative estimate of drug-likeness (QED) is 0.763. The van der Waals surface area contributed by atoms with Gasteiger partial charge in [-0.25, -0.2) is 8.78 Å². The zero-order valence-corrected chi connectivity index (χ0v) is 10.7. The first-order chi connectivity index (χ1) is 8.49. The van der Waals surface area contributed by atoms with E-state index in [4.69, 9.17) is 0 Å². The summed E-state index contributed by atoms with van der Waals surface area (Å²) in [6.45, 7) is 5.81. The molecule has 0 aliphatic heterocycles. The van der Waals surface area contributed by atoms with Gasteiger partial charge in [-0.1, -0.05) is 0 Å². The zero-order chi connectivity index (χ0) is 13.5. The van der Waals surface area contributed by atoms with Crippen molar-refractivity contribution in [2.24, 2.45) is 0 Å². The second-order valence-corrected chi connectivity index (χ2v) is 4.03. The van der Waals surface area contributed by atoms with Gasteiger partial charge in [0.1, 0.15) is 5.69 Å². The SMILES string of the molecule is Cc1ccnc(C(F)F)c1.Cc1ccnc(C)c1. The number of alkyl halides is 2. The van der Waals surface area contributed by atoms with Crippen molar-refractivity contribution in [1.82, 2.24) is 9.97 Å². The van der Waals surface area contributed by atoms with Crippen molar-refractivity contribution < 1.29 is 8.78 Å². The number of pyridine rings is 2. The van der Waals surface area contributed by atoms with Gasteiger partial charge in [0.25, 0.3) is 6.43 Å². The summed E-state index contributed by atoms with van der Waals surface area (Å²) in [6, 6.07) is 7.11. The molecular weight excluding hydrogens is 234 g/mol. The molecule has 2 rings (SSSR count). The summed E-state index contributed by atoms with van der Waals surface area (Å²) in [5, 5.41) is 0. The lowest BCUT2D eigenvalue weighted by Gasteiger charge is -1.97. The van der Waals surface area contributed by atoms with Crippen LogP contribution in [0.5, 0.6) is 0 Å². The van der Waals surface area contributed by atoms with Crippen molar-refractivity contribution in [3.8, 4) is 0 Å². The third kappa shape index (κ3) is 4.99. The Morgan fingerprint density at radius 2 is 1.44 bits per heavy atom. The lowest BCUT2D eigenvalue weighted by molar-refractivity contribution is 0.146. The number of aryl methyl sites for hydroxylation is 3. The van der Waals surface area contributed by atoms with Gasteiger partial charge in [0.05, 0.1) is 0 Å². The summed E-state index contributed by atoms with van der Waals surface area (Å²) in [7, 11) is 0. The summed E-state index contributed by atoms with van der Waals surface area (Å²) in [6.07, 6.45) is 0.751. The molecule has 0 unspecified atom stereocenters. The molecule has 0 atom stereocenters. The van der Waals surface area contributed by atoms with E-state index in [2.05, 4.69) is 23.0 Å². The van der Waals surface area contributed by atoms with Crippen LogP contribution in [0.1, 0.15) is 28.9 Å². The second-order valence-electron chi connectivity index (χ2n) is 4.03. The Bertz CT molecular complexity index is 481. The number of rotatable bonds is 1. The van der Waals surface area contributed by atoms with Crippen molar-refractivity contribution in [3.05, 3.63) is 59.2 Å². The van der Waals surface area contributed by atoms with Crippen LogP contribution in [0.15, 0.2) is 36.7 Å². The number of nitrogens with zero attached hydrogens (tertiary/aromatic N) is 2. The maximum Gasteiger partial charge on any atom is 0.280 e. The van der Waals surface area contributed by atoms with Crippen LogP contribution in [0, 0.1) is 20.8 Å². The van der Waals surface area contributed by atoms with Crippen LogP contribution < -0.4 is 0 Å². The summed E-state index contributed by atoms with van der Waals surface area (Å²) >= 11 is 0. The Balaban J connectivity index is 0.000000184. The number of aromatic nitrogens is 2. The van der Waals surface area contributed by atoms with Crippen LogP contribution in [-0.4, -0.2) is 9.97 Å². The first-order valence-electron chi connectivity index (χ1n) is 5.59. The molecule has 0 fully saturated rings. The first kappa shape index (κ1) is 14.2. The molecule has 0 bridgehead atoms. The minimum Gasteiger partial charge on any atom is -0.262 e. The highest BCUT2D eigenvalue weighted by atomic mass is 19.3. The molecule has 0 N–H and O–H groups in total. The Labute approximate surface area is 106 Å². The van der Waals surface area contributed by atoms with Crippen LogP contribution in [0.2, 0.25) is 0 Å². The van der Waals surface area contributed by atoms with E-state index in [1.165, 1.54) is 17.8 Å². The van der Waals surface area contributed by atoms with E-state index >= 15 is 0 Å². The van der Waals surface area contributed by atoms with E-state index < -0.39 is 6.43 Å². The fraction of sp³-hybridized carbons (Fsp3) is 0.286. The largest absolute Gasteiger partial charge is 0.280 e. The van der Waals surface area contributed by atoms with Gasteiger partial charge in [0.15, 0.2) is 0 Å². The Morgan fingerprint density at radius 3 is 1.78 bits per heavy atom. The van der Waals surface area contributed by atoms with Crippen LogP contribution in [0.25, 0.3) is 0 Å². The van der Waals surface area contributed by atoms with Gasteiger partial charge in [-0.2, -0.15) is 0 Å². The van der Waals surface area contributed by atoms with Gasteiger partial charge in [-0.05, 0) is 56.2 Å². The zero-order valence-electron chi connectivity index (χ0n) is 10.7. The highest BCUT2D eigenvalue weighted by Gasteiger charge is 2.06. The van der Waals surface area contributed by atoms with Gasteiger partial charge in [0.2, 0.25) is 0 Å². The summed E-state index contributed by atoms with van der Waals surface area (Å²) in [5.74, 6) is 0. The van der Waals surface area contributed by atoms with Crippen LogP contribution in [0.3, 0.4) is 0 Å². The normalized spacial score (nSPS) is 9.89. The third-order valence-electron chi connectivity index (χ3n) is 2.21. The molecule has 0 aliphatic carbocycles. The Kier molecular flexibility index (Phi) is 5.36. The first-order valence-corrected chi connectivity index (χ1v) is 5.59. The van der Waals surface area contributed by atoms with Crippen molar-refractivity contribution in [2.75, 3.05) is 0 Å². The summed E-state index contributed by atoms with van der Waals surface area (Å²) in [5.41, 5.74) is 3.02. The molecule has 0 spiro atoms. The van der Waals surface area contributed by atoms with Crippen LogP contribution in [-0.2, 0) is 0 Å². The smallest absolute Gasteiger partial charge is 0.262 e. The predicted octanol–water partition coefficient (Wildman–Crippen LogP) is 4.03. The average Bonchev–Trinajstić information content (AvgIpc) is 2.29. The number of hydrogen-bond acceptors (Lipinski definition) is 2. The van der Waals surface area contributed by atoms with Crippen molar-refractivity contribution in [2.45, 2.75) is 27.2 Å². The minimum atomic E-state index is -2.46. The standard InChI is InChI=1S/C7H7F2N.C7H9N/c1-5-2-3-10-6(4-5)7(8)9;1-6-3-4-8-7(2)5-6/h2-4,7H,1H3;3-5H,1-2H3. The van der Waals surface area contributed by atoms with Crippen LogP contribution in [0.4, 0.5) is 8.78 Å². The lowest BCUT2D eigenvalue weighted by atomic mass is 10.2. The van der Waals surface area contributed by atoms with E-state index in [1.54, 1.807) is 13.0 Å². The van der Waals surface area contributed by atoms with E-state index in [9.17, 15) is 8.78 Å². The van der Waals surface area contributed by atoms with E-state index in [0.29, 0.717) is 0 Å². The van der Waals surface area contributed by atoms with Gasteiger partial charge in [-0.3, -0.25) is 9.97 Å². The molecular formula is C14H16F2N2. The van der Waals surface area contributed by atoms with E-state index in [-0.39, 0.29) is 5.69 Å². The van der Waals surface area contributed by atoms with Crippen LogP contribution >= 0.6 is 0 Å². The molecule has 2 nitrogen and oxygen atoms in total. The summed E-state index contributed by atoms with van der Waals surface area (Å²) < 4.78 is 23.8. The van der Waals surface area contributed by atoms with Gasteiger partial charge < -0.3 is 0 Å². The molecule has 0 saturated heterocycles. The maximum absolute atomic E-state index is 11.9. The predicted molar refractivity (Wildman–Crippen MR) is 67.6 cm³/mol. The molecule has 96 valence electrons. The third-order valence-corrected chi connectivity index (χ3v) is 2.21. The molecule has 2 aromatic heterocycles. The minimum absolute atomic E-state index is 0.153. The highest BCUT2D eigenvalue weighted by Crippen LogP contribution is 2.15. The van der Waals surface area contributed by atoms with Crippen molar-refractivity contribution in [3.63, 3.8) is 0 Å². The molecule has 18 heavy (non-hydrogen) atoms. The monoisotopic (exact) mass is 250 g/mol. The topological polar surface area (TPSA) is 25.8 Å². The molecule has 0 aliphatic rings. The van der Waals surface area contributed by atoms with Gasteiger partial charge >= 0.3 is 0 Å². The number of halogens is 2. The second kappa shape index (κ2) is 6.79. The van der Waals surface area contributed by atoms with Gasteiger partial charge in [0, 0.05) is 18.1 Å². The molecule has 0 radical (unpaired) electrons. The molecule has 0 aromatic carbocycles. The average molecular weight is 250 g/mol. The fourth-order valence-electron chi connectivity index (χ4n) is 1.37. The fourth-order valence-corrected chi connectivity index (χ4v) is 1.37. The summed E-state index contributed by atoms with van der Waals surface area (Å²) in [4.78, 5) is 7.53. The number of hydrogen-bond donors (Lipinski definition) is 0. The Hall–Kier alpha value is -1.84. The molecule has 4 heteroatoms. The van der Waals surface area contributed by atoms with Crippen molar-refractivity contribution in [1.29, 1.82) is 0 Å².